The zero-order valence-electron chi connectivity index (χ0n) is 12.0. The van der Waals surface area contributed by atoms with Crippen molar-refractivity contribution in [2.45, 2.75) is 58.0 Å². The number of ether oxygens (including phenoxy) is 1. The summed E-state index contributed by atoms with van der Waals surface area (Å²) in [5.41, 5.74) is 0. The van der Waals surface area contributed by atoms with Gasteiger partial charge in [0.25, 0.3) is 0 Å². The lowest BCUT2D eigenvalue weighted by molar-refractivity contribution is -0.896. The van der Waals surface area contributed by atoms with Crippen LogP contribution in [-0.4, -0.2) is 37.8 Å². The van der Waals surface area contributed by atoms with Gasteiger partial charge in [-0.15, -0.1) is 0 Å². The van der Waals surface area contributed by atoms with Crippen molar-refractivity contribution < 1.29 is 9.22 Å². The summed E-state index contributed by atoms with van der Waals surface area (Å²) < 4.78 is 6.87. The molecule has 0 N–H and O–H groups in total. The van der Waals surface area contributed by atoms with Crippen molar-refractivity contribution in [3.63, 3.8) is 0 Å². The molecule has 1 heterocycles. The van der Waals surface area contributed by atoms with Gasteiger partial charge in [0, 0.05) is 0 Å². The fraction of sp³-hybridized carbons (Fsp3) is 0.867. The SMILES string of the molecule is C=C1C[N+](C)(C)CC(CCCCCCCC)O1. The van der Waals surface area contributed by atoms with E-state index in [1.165, 1.54) is 44.9 Å². The van der Waals surface area contributed by atoms with E-state index in [9.17, 15) is 0 Å². The molecule has 1 atom stereocenters. The number of hydrogen-bond donors (Lipinski definition) is 0. The van der Waals surface area contributed by atoms with Gasteiger partial charge in [0.1, 0.15) is 25.0 Å². The highest BCUT2D eigenvalue weighted by atomic mass is 16.5. The monoisotopic (exact) mass is 240 g/mol. The van der Waals surface area contributed by atoms with Crippen molar-refractivity contribution in [1.29, 1.82) is 0 Å². The van der Waals surface area contributed by atoms with Gasteiger partial charge < -0.3 is 9.22 Å². The Morgan fingerprint density at radius 1 is 1.18 bits per heavy atom. The Bertz CT molecular complexity index is 235. The minimum atomic E-state index is 0.400. The quantitative estimate of drug-likeness (QED) is 0.487. The molecule has 0 aromatic rings. The molecule has 1 unspecified atom stereocenters. The predicted molar refractivity (Wildman–Crippen MR) is 73.8 cm³/mol. The number of likely N-dealkylation sites (N-methyl/N-ethyl adjacent to an activating group) is 1. The van der Waals surface area contributed by atoms with Crippen LogP contribution in [0.3, 0.4) is 0 Å². The van der Waals surface area contributed by atoms with E-state index >= 15 is 0 Å². The van der Waals surface area contributed by atoms with Crippen molar-refractivity contribution in [3.05, 3.63) is 12.3 Å². The van der Waals surface area contributed by atoms with E-state index in [0.717, 1.165) is 23.3 Å². The summed E-state index contributed by atoms with van der Waals surface area (Å²) in [6, 6.07) is 0. The zero-order valence-corrected chi connectivity index (χ0v) is 12.0. The molecule has 0 spiro atoms. The van der Waals surface area contributed by atoms with Crippen LogP contribution in [0.4, 0.5) is 0 Å². The lowest BCUT2D eigenvalue weighted by Crippen LogP contribution is -2.51. The van der Waals surface area contributed by atoms with Gasteiger partial charge in [-0.1, -0.05) is 45.6 Å². The summed E-state index contributed by atoms with van der Waals surface area (Å²) in [6.07, 6.45) is 9.78. The molecule has 2 nitrogen and oxygen atoms in total. The van der Waals surface area contributed by atoms with Gasteiger partial charge in [-0.25, -0.2) is 0 Å². The molecule has 1 fully saturated rings. The van der Waals surface area contributed by atoms with Gasteiger partial charge in [0.2, 0.25) is 0 Å². The molecule has 0 radical (unpaired) electrons. The Kier molecular flexibility index (Phi) is 6.04. The fourth-order valence-electron chi connectivity index (χ4n) is 2.71. The Morgan fingerprint density at radius 3 is 2.47 bits per heavy atom. The van der Waals surface area contributed by atoms with Gasteiger partial charge in [-0.05, 0) is 12.8 Å². The van der Waals surface area contributed by atoms with Crippen molar-refractivity contribution in [2.75, 3.05) is 27.2 Å². The molecule has 17 heavy (non-hydrogen) atoms. The molecule has 0 bridgehead atoms. The molecular weight excluding hydrogens is 210 g/mol. The molecule has 0 aromatic heterocycles. The second-order valence-electron chi connectivity index (χ2n) is 6.11. The van der Waals surface area contributed by atoms with Gasteiger partial charge >= 0.3 is 0 Å². The topological polar surface area (TPSA) is 9.23 Å². The lowest BCUT2D eigenvalue weighted by Gasteiger charge is -2.39. The van der Waals surface area contributed by atoms with Crippen LogP contribution in [0.25, 0.3) is 0 Å². The largest absolute Gasteiger partial charge is 0.484 e. The van der Waals surface area contributed by atoms with Crippen LogP contribution in [0.5, 0.6) is 0 Å². The third-order valence-electron chi connectivity index (χ3n) is 3.52. The summed E-state index contributed by atoms with van der Waals surface area (Å²) in [5, 5.41) is 0. The number of unbranched alkanes of at least 4 members (excludes halogenated alkanes) is 5. The molecule has 1 rings (SSSR count). The number of morpholine rings is 1. The van der Waals surface area contributed by atoms with Crippen molar-refractivity contribution in [2.24, 2.45) is 0 Å². The predicted octanol–water partition coefficient (Wildman–Crippen LogP) is 3.73. The van der Waals surface area contributed by atoms with Crippen LogP contribution in [0.1, 0.15) is 51.9 Å². The zero-order chi connectivity index (χ0) is 12.7. The first-order chi connectivity index (χ1) is 8.03. The van der Waals surface area contributed by atoms with Crippen molar-refractivity contribution in [1.82, 2.24) is 0 Å². The number of rotatable bonds is 7. The minimum Gasteiger partial charge on any atom is -0.484 e. The Labute approximate surface area is 107 Å². The maximum absolute atomic E-state index is 5.84. The van der Waals surface area contributed by atoms with E-state index in [1.54, 1.807) is 0 Å². The molecule has 0 saturated carbocycles. The standard InChI is InChI=1S/C15H30NO/c1-5-6-7-8-9-10-11-15-13-16(3,4)12-14(2)17-15/h15H,2,5-13H2,1,3-4H3/q+1. The van der Waals surface area contributed by atoms with E-state index < -0.39 is 0 Å². The molecule has 1 aliphatic heterocycles. The first kappa shape index (κ1) is 14.6. The molecule has 1 aliphatic rings. The van der Waals surface area contributed by atoms with Gasteiger partial charge in [-0.3, -0.25) is 0 Å². The smallest absolute Gasteiger partial charge is 0.147 e. The molecular formula is C15H30NO+. The Morgan fingerprint density at radius 2 is 1.82 bits per heavy atom. The molecule has 1 saturated heterocycles. The third-order valence-corrected chi connectivity index (χ3v) is 3.52. The average Bonchev–Trinajstić information content (AvgIpc) is 2.20. The van der Waals surface area contributed by atoms with E-state index in [-0.39, 0.29) is 0 Å². The molecule has 0 aromatic carbocycles. The molecule has 100 valence electrons. The van der Waals surface area contributed by atoms with Crippen LogP contribution in [-0.2, 0) is 4.74 Å². The van der Waals surface area contributed by atoms with Gasteiger partial charge in [0.15, 0.2) is 0 Å². The lowest BCUT2D eigenvalue weighted by atomic mass is 10.1. The third kappa shape index (κ3) is 6.11. The van der Waals surface area contributed by atoms with E-state index in [1.807, 2.05) is 0 Å². The highest BCUT2D eigenvalue weighted by Crippen LogP contribution is 2.21. The minimum absolute atomic E-state index is 0.400. The van der Waals surface area contributed by atoms with E-state index in [2.05, 4.69) is 27.6 Å². The van der Waals surface area contributed by atoms with Crippen LogP contribution >= 0.6 is 0 Å². The Balaban J connectivity index is 2.12. The molecule has 0 aliphatic carbocycles. The summed E-state index contributed by atoms with van der Waals surface area (Å²) in [6.45, 7) is 8.35. The second kappa shape index (κ2) is 7.05. The normalized spacial score (nSPS) is 23.5. The van der Waals surface area contributed by atoms with E-state index in [0.29, 0.717) is 6.10 Å². The van der Waals surface area contributed by atoms with E-state index in [4.69, 9.17) is 4.74 Å². The van der Waals surface area contributed by atoms with Crippen LogP contribution in [0, 0.1) is 0 Å². The second-order valence-corrected chi connectivity index (χ2v) is 6.11. The maximum atomic E-state index is 5.84. The van der Waals surface area contributed by atoms with Crippen molar-refractivity contribution in [3.8, 4) is 0 Å². The maximum Gasteiger partial charge on any atom is 0.147 e. The number of nitrogens with zero attached hydrogens (tertiary/aromatic N) is 1. The van der Waals surface area contributed by atoms with Crippen LogP contribution in [0.15, 0.2) is 12.3 Å². The number of hydrogen-bond acceptors (Lipinski definition) is 1. The number of quaternary nitrogens is 1. The summed E-state index contributed by atoms with van der Waals surface area (Å²) in [7, 11) is 4.53. The Hall–Kier alpha value is -0.500. The van der Waals surface area contributed by atoms with Gasteiger partial charge in [-0.2, -0.15) is 0 Å². The molecule has 0 amide bonds. The highest BCUT2D eigenvalue weighted by molar-refractivity contribution is 4.87. The summed E-state index contributed by atoms with van der Waals surface area (Å²) in [5.74, 6) is 0.970. The first-order valence-electron chi connectivity index (χ1n) is 7.20. The van der Waals surface area contributed by atoms with Crippen LogP contribution in [0.2, 0.25) is 0 Å². The van der Waals surface area contributed by atoms with Crippen molar-refractivity contribution >= 4 is 0 Å². The molecule has 2 heteroatoms. The highest BCUT2D eigenvalue weighted by Gasteiger charge is 2.30. The average molecular weight is 240 g/mol. The fourth-order valence-corrected chi connectivity index (χ4v) is 2.71. The van der Waals surface area contributed by atoms with Crippen LogP contribution < -0.4 is 0 Å². The summed E-state index contributed by atoms with van der Waals surface area (Å²) >= 11 is 0. The van der Waals surface area contributed by atoms with Gasteiger partial charge in [0.05, 0.1) is 14.1 Å². The first-order valence-corrected chi connectivity index (χ1v) is 7.20. The summed E-state index contributed by atoms with van der Waals surface area (Å²) in [4.78, 5) is 0.